The molecule has 4 nitrogen and oxygen atoms in total. The zero-order valence-corrected chi connectivity index (χ0v) is 47.8. The molecule has 0 saturated heterocycles. The van der Waals surface area contributed by atoms with Gasteiger partial charge in [0.1, 0.15) is 6.07 Å². The van der Waals surface area contributed by atoms with Gasteiger partial charge in [0.15, 0.2) is 0 Å². The second-order valence-electron chi connectivity index (χ2n) is 22.0. The van der Waals surface area contributed by atoms with Crippen molar-refractivity contribution >= 4 is 112 Å². The number of para-hydroxylation sites is 2. The zero-order valence-electron chi connectivity index (χ0n) is 46.2. The molecule has 17 aromatic rings. The molecule has 0 saturated carbocycles. The summed E-state index contributed by atoms with van der Waals surface area (Å²) in [6, 6.07) is 102. The highest BCUT2D eigenvalue weighted by Crippen LogP contribution is 2.56. The number of benzene rings is 13. The summed E-state index contributed by atoms with van der Waals surface area (Å²) in [7, 11) is 0. The molecule has 4 aromatic heterocycles. The normalized spacial score (nSPS) is 11.7. The minimum absolute atomic E-state index is 0.393. The maximum absolute atomic E-state index is 12.7. The van der Waals surface area contributed by atoms with Gasteiger partial charge in [0.2, 0.25) is 5.69 Å². The highest BCUT2D eigenvalue weighted by Gasteiger charge is 2.34. The molecule has 0 unspecified atom stereocenters. The first kappa shape index (κ1) is 49.5. The van der Waals surface area contributed by atoms with E-state index >= 15 is 0 Å². The van der Waals surface area contributed by atoms with E-state index in [1.165, 1.54) is 31.3 Å². The largest absolute Gasteiger partial charge is 0.318 e. The highest BCUT2D eigenvalue weighted by atomic mass is 32.1. The van der Waals surface area contributed by atoms with Crippen LogP contribution in [0, 0.1) is 17.9 Å². The maximum atomic E-state index is 12.7. The molecule has 0 aliphatic carbocycles. The highest BCUT2D eigenvalue weighted by molar-refractivity contribution is 7.28. The number of aromatic nitrogens is 2. The fraction of sp³-hybridized carbons (Fsp3) is 0. The Morgan fingerprint density at radius 1 is 0.314 bits per heavy atom. The third-order valence-electron chi connectivity index (χ3n) is 17.4. The Balaban J connectivity index is 1.16. The Hall–Kier alpha value is -11.1. The summed E-state index contributed by atoms with van der Waals surface area (Å²) in [6.07, 6.45) is 0. The maximum Gasteiger partial charge on any atom is 0.220 e. The first-order chi connectivity index (χ1) is 42.6. The van der Waals surface area contributed by atoms with Crippen molar-refractivity contribution in [3.8, 4) is 84.2 Å². The zero-order chi connectivity index (χ0) is 57.0. The number of nitrogens with zero attached hydrogens (tertiary/aromatic N) is 4. The molecule has 0 radical (unpaired) electrons. The van der Waals surface area contributed by atoms with E-state index in [2.05, 4.69) is 276 Å². The van der Waals surface area contributed by atoms with E-state index in [-0.39, 0.29) is 0 Å². The lowest BCUT2D eigenvalue weighted by Crippen LogP contribution is -2.09. The number of hydrogen-bond acceptors (Lipinski definition) is 3. The summed E-state index contributed by atoms with van der Waals surface area (Å²) in [4.78, 5) is 4.73. The van der Waals surface area contributed by atoms with Crippen molar-refractivity contribution in [1.29, 1.82) is 5.26 Å². The molecule has 0 spiro atoms. The predicted octanol–water partition coefficient (Wildman–Crippen LogP) is 23.0. The van der Waals surface area contributed by atoms with E-state index in [1.54, 1.807) is 0 Å². The van der Waals surface area contributed by atoms with Crippen molar-refractivity contribution in [1.82, 2.24) is 9.13 Å². The molecule has 0 aliphatic heterocycles. The van der Waals surface area contributed by atoms with Crippen molar-refractivity contribution < 1.29 is 0 Å². The SMILES string of the molecule is [C-]#[N+]c1c(-c2ccccc2)c(C#N)c(-n2c3c(ccc4c5cccc(-c6ccccc6)c5sc43)c3ccc4c5cccc(-c6ccccc6)c5sc4c32)c(-c2cc(-c3ccccc3)cc(-c3ccccc3)c2)c1-n1c2ccccc2c2ccccc21. The Bertz CT molecular complexity index is 5420. The Labute approximate surface area is 503 Å². The van der Waals surface area contributed by atoms with Crippen LogP contribution in [0.25, 0.3) is 167 Å². The lowest BCUT2D eigenvalue weighted by molar-refractivity contribution is 1.14. The van der Waals surface area contributed by atoms with Gasteiger partial charge >= 0.3 is 0 Å². The first-order valence-electron chi connectivity index (χ1n) is 28.8. The fourth-order valence-corrected chi connectivity index (χ4v) is 16.4. The minimum atomic E-state index is 0.393. The molecular weight excluding hydrogens is 1080 g/mol. The van der Waals surface area contributed by atoms with E-state index in [4.69, 9.17) is 4.85 Å². The van der Waals surface area contributed by atoms with Crippen molar-refractivity contribution in [2.24, 2.45) is 0 Å². The van der Waals surface area contributed by atoms with E-state index in [1.807, 2.05) is 40.9 Å². The number of hydrogen-bond donors (Lipinski definition) is 0. The van der Waals surface area contributed by atoms with Crippen molar-refractivity contribution in [2.75, 3.05) is 0 Å². The van der Waals surface area contributed by atoms with Gasteiger partial charge in [-0.1, -0.05) is 249 Å². The van der Waals surface area contributed by atoms with Crippen LogP contribution in [0.2, 0.25) is 0 Å². The molecule has 0 N–H and O–H groups in total. The fourth-order valence-electron chi connectivity index (χ4n) is 13.7. The average Bonchev–Trinajstić information content (AvgIpc) is 1.50. The van der Waals surface area contributed by atoms with Gasteiger partial charge in [-0.05, 0) is 86.0 Å². The second-order valence-corrected chi connectivity index (χ2v) is 24.0. The smallest absolute Gasteiger partial charge is 0.220 e. The van der Waals surface area contributed by atoms with E-state index < -0.39 is 0 Å². The quantitative estimate of drug-likeness (QED) is 0.140. The molecule has 0 bridgehead atoms. The lowest BCUT2D eigenvalue weighted by Gasteiger charge is -2.26. The Morgan fingerprint density at radius 2 is 0.698 bits per heavy atom. The summed E-state index contributed by atoms with van der Waals surface area (Å²) in [5, 5.41) is 21.7. The third kappa shape index (κ3) is 7.45. The van der Waals surface area contributed by atoms with E-state index in [0.29, 0.717) is 28.2 Å². The van der Waals surface area contributed by atoms with Gasteiger partial charge in [0.25, 0.3) is 0 Å². The molecule has 398 valence electrons. The van der Waals surface area contributed by atoms with Crippen LogP contribution in [-0.4, -0.2) is 9.13 Å². The summed E-state index contributed by atoms with van der Waals surface area (Å²) < 4.78 is 9.44. The van der Waals surface area contributed by atoms with Gasteiger partial charge < -0.3 is 9.13 Å². The average molecular weight is 1130 g/mol. The van der Waals surface area contributed by atoms with Crippen LogP contribution in [0.3, 0.4) is 0 Å². The van der Waals surface area contributed by atoms with Crippen LogP contribution < -0.4 is 0 Å². The van der Waals surface area contributed by atoms with Crippen LogP contribution >= 0.6 is 22.7 Å². The van der Waals surface area contributed by atoms with Crippen molar-refractivity contribution in [3.63, 3.8) is 0 Å². The van der Waals surface area contributed by atoms with Gasteiger partial charge in [0, 0.05) is 63.6 Å². The van der Waals surface area contributed by atoms with Gasteiger partial charge in [-0.3, -0.25) is 0 Å². The second kappa shape index (κ2) is 19.8. The molecule has 4 heterocycles. The van der Waals surface area contributed by atoms with Crippen LogP contribution in [0.5, 0.6) is 0 Å². The monoisotopic (exact) mass is 1130 g/mol. The first-order valence-corrected chi connectivity index (χ1v) is 30.5. The van der Waals surface area contributed by atoms with Crippen molar-refractivity contribution in [3.05, 3.63) is 296 Å². The molecule has 0 aliphatic rings. The van der Waals surface area contributed by atoms with Gasteiger partial charge in [-0.2, -0.15) is 5.26 Å². The van der Waals surface area contributed by atoms with Crippen LogP contribution in [0.4, 0.5) is 5.69 Å². The van der Waals surface area contributed by atoms with Gasteiger partial charge in [-0.15, -0.1) is 22.7 Å². The van der Waals surface area contributed by atoms with Gasteiger partial charge in [-0.25, -0.2) is 4.85 Å². The van der Waals surface area contributed by atoms with Crippen molar-refractivity contribution in [2.45, 2.75) is 0 Å². The number of nitriles is 1. The summed E-state index contributed by atoms with van der Waals surface area (Å²) in [6.45, 7) is 9.71. The molecule has 0 amide bonds. The molecule has 0 fully saturated rings. The molecular formula is C80H46N4S2. The number of rotatable bonds is 8. The molecule has 6 heteroatoms. The number of fused-ring (bicyclic) bond motifs is 14. The molecule has 17 rings (SSSR count). The third-order valence-corrected chi connectivity index (χ3v) is 19.9. The summed E-state index contributed by atoms with van der Waals surface area (Å²) in [5.74, 6) is 0. The predicted molar refractivity (Wildman–Crippen MR) is 364 cm³/mol. The van der Waals surface area contributed by atoms with Gasteiger partial charge in [0.05, 0.1) is 55.0 Å². The number of thiophene rings is 2. The molecule has 86 heavy (non-hydrogen) atoms. The van der Waals surface area contributed by atoms with Crippen LogP contribution in [0.1, 0.15) is 5.56 Å². The Morgan fingerprint density at radius 3 is 1.15 bits per heavy atom. The summed E-state index contributed by atoms with van der Waals surface area (Å²) >= 11 is 3.64. The Kier molecular flexibility index (Phi) is 11.4. The molecule has 13 aromatic carbocycles. The minimum Gasteiger partial charge on any atom is -0.318 e. The van der Waals surface area contributed by atoms with Crippen LogP contribution in [0.15, 0.2) is 279 Å². The standard InChI is InChI=1S/C80H46N4S2/c1-82-72-70(53-31-15-6-16-32-53)67(48-81)73(71(76(72)83-68-39-19-17-33-59(68)60-34-18-20-40-69(60)83)56-46-54(49-23-7-2-8-24-49)45-55(47-56)50-25-9-3-10-26-50)84-74-61(41-43-65-63-37-21-35-57(77(63)85-79(65)74)51-27-11-4-12-28-51)62-42-44-66-64-38-22-36-58(52-29-13-5-14-30-52)78(64)86-80(66)75(62)84/h2-47H. The van der Waals surface area contributed by atoms with Crippen LogP contribution in [-0.2, 0) is 0 Å². The van der Waals surface area contributed by atoms with E-state index in [0.717, 1.165) is 114 Å². The summed E-state index contributed by atoms with van der Waals surface area (Å²) in [5.41, 5.74) is 18.0. The van der Waals surface area contributed by atoms with E-state index in [9.17, 15) is 11.8 Å². The molecule has 0 atom stereocenters. The lowest BCUT2D eigenvalue weighted by atomic mass is 9.86. The topological polar surface area (TPSA) is 38.0 Å².